The maximum atomic E-state index is 12.8. The normalized spacial score (nSPS) is 13.8. The number of carbonyl (C=O) groups excluding carboxylic acids is 1. The van der Waals surface area contributed by atoms with Crippen LogP contribution in [-0.2, 0) is 18.0 Å². The Morgan fingerprint density at radius 2 is 1.93 bits per heavy atom. The van der Waals surface area contributed by atoms with E-state index in [1.54, 1.807) is 13.3 Å². The predicted octanol–water partition coefficient (Wildman–Crippen LogP) is 5.03. The fourth-order valence-electron chi connectivity index (χ4n) is 3.81. The van der Waals surface area contributed by atoms with Crippen LogP contribution < -0.4 is 4.74 Å². The Labute approximate surface area is 168 Å². The topological polar surface area (TPSA) is 64.2 Å². The molecule has 146 valence electrons. The molecule has 2 heterocycles. The summed E-state index contributed by atoms with van der Waals surface area (Å²) >= 11 is 0. The number of Topliss-reactive ketones (excluding diaryl/α,β-unsaturated/α-hetero) is 1. The SMILES string of the molecule is COCc1c(C(=O)C2CC2)ncc2[nH]c3ccc(OCc4ccccc4)cc3c12. The van der Waals surface area contributed by atoms with Crippen LogP contribution in [0.25, 0.3) is 21.8 Å². The molecule has 5 nitrogen and oxygen atoms in total. The Balaban J connectivity index is 1.58. The van der Waals surface area contributed by atoms with E-state index in [-0.39, 0.29) is 11.7 Å². The molecule has 0 bridgehead atoms. The highest BCUT2D eigenvalue weighted by molar-refractivity contribution is 6.12. The number of ether oxygens (including phenoxy) is 2. The molecule has 0 amide bonds. The number of aromatic amines is 1. The number of nitrogens with one attached hydrogen (secondary N) is 1. The van der Waals surface area contributed by atoms with E-state index in [0.29, 0.717) is 18.9 Å². The van der Waals surface area contributed by atoms with E-state index in [2.05, 4.69) is 9.97 Å². The van der Waals surface area contributed by atoms with Gasteiger partial charge in [-0.1, -0.05) is 30.3 Å². The van der Waals surface area contributed by atoms with Gasteiger partial charge in [0.1, 0.15) is 18.1 Å². The van der Waals surface area contributed by atoms with E-state index in [9.17, 15) is 4.79 Å². The molecule has 1 saturated carbocycles. The van der Waals surface area contributed by atoms with Gasteiger partial charge in [-0.3, -0.25) is 9.78 Å². The second-order valence-corrected chi connectivity index (χ2v) is 7.55. The molecule has 2 aromatic carbocycles. The zero-order valence-electron chi connectivity index (χ0n) is 16.3. The molecular formula is C24H22N2O3. The summed E-state index contributed by atoms with van der Waals surface area (Å²) in [5.74, 6) is 1.04. The first kappa shape index (κ1) is 17.9. The van der Waals surface area contributed by atoms with Crippen LogP contribution in [-0.4, -0.2) is 22.9 Å². The van der Waals surface area contributed by atoms with Gasteiger partial charge in [0.15, 0.2) is 5.78 Å². The van der Waals surface area contributed by atoms with Gasteiger partial charge in [-0.25, -0.2) is 0 Å². The number of ketones is 1. The highest BCUT2D eigenvalue weighted by atomic mass is 16.5. The highest BCUT2D eigenvalue weighted by Gasteiger charge is 2.33. The third-order valence-corrected chi connectivity index (χ3v) is 5.43. The zero-order valence-corrected chi connectivity index (χ0v) is 16.3. The molecule has 0 aliphatic heterocycles. The Morgan fingerprint density at radius 3 is 2.69 bits per heavy atom. The highest BCUT2D eigenvalue weighted by Crippen LogP contribution is 2.37. The maximum Gasteiger partial charge on any atom is 0.184 e. The van der Waals surface area contributed by atoms with Crippen molar-refractivity contribution >= 4 is 27.6 Å². The van der Waals surface area contributed by atoms with Crippen LogP contribution in [0, 0.1) is 5.92 Å². The average molecular weight is 386 g/mol. The number of carbonyl (C=O) groups is 1. The Bertz CT molecular complexity index is 1190. The van der Waals surface area contributed by atoms with Crippen LogP contribution in [0.4, 0.5) is 0 Å². The van der Waals surface area contributed by atoms with E-state index in [1.807, 2.05) is 48.5 Å². The van der Waals surface area contributed by atoms with Crippen molar-refractivity contribution in [2.45, 2.75) is 26.1 Å². The van der Waals surface area contributed by atoms with Crippen molar-refractivity contribution in [3.8, 4) is 5.75 Å². The fraction of sp³-hybridized carbons (Fsp3) is 0.250. The lowest BCUT2D eigenvalue weighted by Crippen LogP contribution is -2.09. The summed E-state index contributed by atoms with van der Waals surface area (Å²) in [6.07, 6.45) is 3.67. The smallest absolute Gasteiger partial charge is 0.184 e. The van der Waals surface area contributed by atoms with Gasteiger partial charge in [0.2, 0.25) is 0 Å². The van der Waals surface area contributed by atoms with E-state index in [1.165, 1.54) is 0 Å². The maximum absolute atomic E-state index is 12.8. The quantitative estimate of drug-likeness (QED) is 0.452. The Morgan fingerprint density at radius 1 is 1.10 bits per heavy atom. The minimum Gasteiger partial charge on any atom is -0.489 e. The first-order valence-corrected chi connectivity index (χ1v) is 9.88. The molecule has 1 aliphatic rings. The first-order chi connectivity index (χ1) is 14.2. The summed E-state index contributed by atoms with van der Waals surface area (Å²) in [6.45, 7) is 0.854. The van der Waals surface area contributed by atoms with Crippen LogP contribution in [0.1, 0.15) is 34.5 Å². The van der Waals surface area contributed by atoms with Gasteiger partial charge < -0.3 is 14.5 Å². The molecule has 0 atom stereocenters. The Hall–Kier alpha value is -3.18. The van der Waals surface area contributed by atoms with Crippen molar-refractivity contribution in [3.05, 3.63) is 71.5 Å². The van der Waals surface area contributed by atoms with Gasteiger partial charge in [-0.15, -0.1) is 0 Å². The number of aromatic nitrogens is 2. The third-order valence-electron chi connectivity index (χ3n) is 5.43. The first-order valence-electron chi connectivity index (χ1n) is 9.88. The number of benzene rings is 2. The summed E-state index contributed by atoms with van der Waals surface area (Å²) in [7, 11) is 1.65. The molecule has 5 heteroatoms. The number of nitrogens with zero attached hydrogens (tertiary/aromatic N) is 1. The summed E-state index contributed by atoms with van der Waals surface area (Å²) in [5.41, 5.74) is 4.40. The van der Waals surface area contributed by atoms with Crippen LogP contribution in [0.5, 0.6) is 5.75 Å². The number of fused-ring (bicyclic) bond motifs is 3. The summed E-state index contributed by atoms with van der Waals surface area (Å²) in [6, 6.07) is 16.1. The lowest BCUT2D eigenvalue weighted by Gasteiger charge is -2.10. The molecular weight excluding hydrogens is 364 g/mol. The van der Waals surface area contributed by atoms with E-state index in [4.69, 9.17) is 9.47 Å². The predicted molar refractivity (Wildman–Crippen MR) is 112 cm³/mol. The number of methoxy groups -OCH3 is 1. The van der Waals surface area contributed by atoms with E-state index >= 15 is 0 Å². The summed E-state index contributed by atoms with van der Waals surface area (Å²) in [4.78, 5) is 20.7. The monoisotopic (exact) mass is 386 g/mol. The minimum atomic E-state index is 0.116. The third kappa shape index (κ3) is 3.38. The Kier molecular flexibility index (Phi) is 4.52. The van der Waals surface area contributed by atoms with Crippen molar-refractivity contribution in [2.75, 3.05) is 7.11 Å². The number of hydrogen-bond acceptors (Lipinski definition) is 4. The van der Waals surface area contributed by atoms with Crippen LogP contribution >= 0.6 is 0 Å². The molecule has 5 rings (SSSR count). The van der Waals surface area contributed by atoms with Gasteiger partial charge in [-0.05, 0) is 36.6 Å². The van der Waals surface area contributed by atoms with Crippen LogP contribution in [0.2, 0.25) is 0 Å². The molecule has 2 aromatic heterocycles. The standard InChI is InChI=1S/C24H22N2O3/c1-28-14-19-22-18-11-17(29-13-15-5-3-2-4-6-15)9-10-20(18)26-21(22)12-25-23(19)24(27)16-7-8-16/h2-6,9-12,16,26H,7-8,13-14H2,1H3. The van der Waals surface area contributed by atoms with Crippen LogP contribution in [0.3, 0.4) is 0 Å². The molecule has 0 unspecified atom stereocenters. The van der Waals surface area contributed by atoms with Gasteiger partial charge in [0.25, 0.3) is 0 Å². The number of hydrogen-bond donors (Lipinski definition) is 1. The van der Waals surface area contributed by atoms with Crippen molar-refractivity contribution in [3.63, 3.8) is 0 Å². The van der Waals surface area contributed by atoms with Crippen molar-refractivity contribution in [1.29, 1.82) is 0 Å². The van der Waals surface area contributed by atoms with E-state index in [0.717, 1.165) is 51.5 Å². The van der Waals surface area contributed by atoms with E-state index < -0.39 is 0 Å². The van der Waals surface area contributed by atoms with Gasteiger partial charge in [0.05, 0.1) is 18.3 Å². The van der Waals surface area contributed by atoms with Gasteiger partial charge in [-0.2, -0.15) is 0 Å². The second-order valence-electron chi connectivity index (χ2n) is 7.55. The number of H-pyrrole nitrogens is 1. The summed E-state index contributed by atoms with van der Waals surface area (Å²) in [5, 5.41) is 2.01. The molecule has 1 aliphatic carbocycles. The zero-order chi connectivity index (χ0) is 19.8. The van der Waals surface area contributed by atoms with Gasteiger partial charge >= 0.3 is 0 Å². The minimum absolute atomic E-state index is 0.116. The number of pyridine rings is 1. The molecule has 0 saturated heterocycles. The van der Waals surface area contributed by atoms with Crippen molar-refractivity contribution < 1.29 is 14.3 Å². The molecule has 29 heavy (non-hydrogen) atoms. The largest absolute Gasteiger partial charge is 0.489 e. The van der Waals surface area contributed by atoms with Crippen LogP contribution in [0.15, 0.2) is 54.7 Å². The van der Waals surface area contributed by atoms with Crippen molar-refractivity contribution in [1.82, 2.24) is 9.97 Å². The lowest BCUT2D eigenvalue weighted by molar-refractivity contribution is 0.0958. The molecule has 4 aromatic rings. The second kappa shape index (κ2) is 7.33. The lowest BCUT2D eigenvalue weighted by atomic mass is 10.0. The van der Waals surface area contributed by atoms with Crippen molar-refractivity contribution in [2.24, 2.45) is 5.92 Å². The van der Waals surface area contributed by atoms with Gasteiger partial charge in [0, 0.05) is 34.9 Å². The molecule has 1 fully saturated rings. The fourth-order valence-corrected chi connectivity index (χ4v) is 3.81. The molecule has 1 N–H and O–H groups in total. The molecule has 0 radical (unpaired) electrons. The number of rotatable bonds is 7. The molecule has 0 spiro atoms. The average Bonchev–Trinajstić information content (AvgIpc) is 3.53. The summed E-state index contributed by atoms with van der Waals surface area (Å²) < 4.78 is 11.5.